The Morgan fingerprint density at radius 2 is 1.92 bits per heavy atom. The van der Waals surface area contributed by atoms with Crippen LogP contribution in [0, 0.1) is 11.7 Å². The standard InChI is InChI=1S/C29H31ClFN3O3/c1-18(2)17-34-25-11-10-22(30)13-23(25)28(20-8-5-6-19(12-20)15-32)37-26(29(34)36)14-27(35)33-16-21-7-3-4-9-24(21)31/h3-13,18,26,28H,14-17,32H2,1-2H3,(H,33,35). The zero-order chi connectivity index (χ0) is 26.5. The highest BCUT2D eigenvalue weighted by atomic mass is 35.5. The lowest BCUT2D eigenvalue weighted by Gasteiger charge is -2.26. The molecule has 1 aliphatic rings. The van der Waals surface area contributed by atoms with Gasteiger partial charge in [0.2, 0.25) is 5.91 Å². The van der Waals surface area contributed by atoms with E-state index in [1.54, 1.807) is 35.2 Å². The van der Waals surface area contributed by atoms with E-state index in [4.69, 9.17) is 22.1 Å². The first-order valence-corrected chi connectivity index (χ1v) is 12.7. The Kier molecular flexibility index (Phi) is 8.59. The van der Waals surface area contributed by atoms with Gasteiger partial charge in [-0.05, 0) is 41.3 Å². The van der Waals surface area contributed by atoms with Gasteiger partial charge in [0.15, 0.2) is 0 Å². The maximum absolute atomic E-state index is 14.0. The molecular formula is C29H31ClFN3O3. The van der Waals surface area contributed by atoms with E-state index in [1.807, 2.05) is 44.2 Å². The molecule has 2 unspecified atom stereocenters. The van der Waals surface area contributed by atoms with Crippen LogP contribution in [0.15, 0.2) is 66.7 Å². The molecule has 1 aliphatic heterocycles. The molecule has 0 aromatic heterocycles. The van der Waals surface area contributed by atoms with Crippen molar-refractivity contribution in [1.82, 2.24) is 5.32 Å². The first-order valence-electron chi connectivity index (χ1n) is 12.3. The molecule has 6 nitrogen and oxygen atoms in total. The van der Waals surface area contributed by atoms with Crippen molar-refractivity contribution in [1.29, 1.82) is 0 Å². The smallest absolute Gasteiger partial charge is 0.256 e. The van der Waals surface area contributed by atoms with E-state index in [-0.39, 0.29) is 24.8 Å². The highest BCUT2D eigenvalue weighted by Gasteiger charge is 2.38. The minimum Gasteiger partial charge on any atom is -0.355 e. The summed E-state index contributed by atoms with van der Waals surface area (Å²) >= 11 is 6.39. The number of carbonyl (C=O) groups excluding carboxylic acids is 2. The third-order valence-corrected chi connectivity index (χ3v) is 6.48. The Hall–Kier alpha value is -3.26. The second-order valence-electron chi connectivity index (χ2n) is 9.57. The second kappa shape index (κ2) is 11.9. The number of anilines is 1. The highest BCUT2D eigenvalue weighted by Crippen LogP contribution is 2.40. The lowest BCUT2D eigenvalue weighted by atomic mass is 9.97. The number of carbonyl (C=O) groups is 2. The monoisotopic (exact) mass is 523 g/mol. The molecule has 3 N–H and O–H groups in total. The molecular weight excluding hydrogens is 493 g/mol. The van der Waals surface area contributed by atoms with Crippen molar-refractivity contribution < 1.29 is 18.7 Å². The number of nitrogens with zero attached hydrogens (tertiary/aromatic N) is 1. The quantitative estimate of drug-likeness (QED) is 0.429. The molecule has 8 heteroatoms. The Bertz CT molecular complexity index is 1280. The number of hydrogen-bond acceptors (Lipinski definition) is 4. The largest absolute Gasteiger partial charge is 0.355 e. The van der Waals surface area contributed by atoms with Crippen molar-refractivity contribution in [2.24, 2.45) is 11.7 Å². The van der Waals surface area contributed by atoms with Crippen LogP contribution in [0.1, 0.15) is 48.6 Å². The number of rotatable bonds is 8. The number of amides is 2. The van der Waals surface area contributed by atoms with E-state index in [0.717, 1.165) is 16.7 Å². The minimum atomic E-state index is -1.06. The predicted molar refractivity (Wildman–Crippen MR) is 143 cm³/mol. The number of nitrogens with one attached hydrogen (secondary N) is 1. The van der Waals surface area contributed by atoms with Gasteiger partial charge in [0.05, 0.1) is 6.42 Å². The van der Waals surface area contributed by atoms with Gasteiger partial charge in [-0.1, -0.05) is 67.9 Å². The topological polar surface area (TPSA) is 84.7 Å². The summed E-state index contributed by atoms with van der Waals surface area (Å²) < 4.78 is 20.4. The summed E-state index contributed by atoms with van der Waals surface area (Å²) in [5, 5.41) is 3.23. The van der Waals surface area contributed by atoms with Crippen LogP contribution in [0.3, 0.4) is 0 Å². The fourth-order valence-electron chi connectivity index (χ4n) is 4.48. The van der Waals surface area contributed by atoms with E-state index in [2.05, 4.69) is 5.32 Å². The number of halogens is 2. The van der Waals surface area contributed by atoms with Crippen molar-refractivity contribution >= 4 is 29.1 Å². The summed E-state index contributed by atoms with van der Waals surface area (Å²) in [4.78, 5) is 28.4. The summed E-state index contributed by atoms with van der Waals surface area (Å²) in [6, 6.07) is 19.3. The van der Waals surface area contributed by atoms with E-state index < -0.39 is 23.9 Å². The van der Waals surface area contributed by atoms with Crippen LogP contribution in [-0.2, 0) is 27.4 Å². The van der Waals surface area contributed by atoms with E-state index in [1.165, 1.54) is 6.07 Å². The first-order chi connectivity index (χ1) is 17.8. The summed E-state index contributed by atoms with van der Waals surface area (Å²) in [6.07, 6.45) is -1.92. The van der Waals surface area contributed by atoms with Gasteiger partial charge in [0.1, 0.15) is 18.0 Å². The second-order valence-corrected chi connectivity index (χ2v) is 10.0. The lowest BCUT2D eigenvalue weighted by molar-refractivity contribution is -0.138. The summed E-state index contributed by atoms with van der Waals surface area (Å²) in [7, 11) is 0. The van der Waals surface area contributed by atoms with E-state index >= 15 is 0 Å². The maximum atomic E-state index is 14.0. The average molecular weight is 524 g/mol. The van der Waals surface area contributed by atoms with Crippen molar-refractivity contribution in [3.8, 4) is 0 Å². The van der Waals surface area contributed by atoms with Crippen LogP contribution in [0.25, 0.3) is 0 Å². The molecule has 0 radical (unpaired) electrons. The number of ether oxygens (including phenoxy) is 1. The summed E-state index contributed by atoms with van der Waals surface area (Å²) in [5.74, 6) is -0.958. The molecule has 37 heavy (non-hydrogen) atoms. The maximum Gasteiger partial charge on any atom is 0.256 e. The zero-order valence-corrected chi connectivity index (χ0v) is 21.7. The minimum absolute atomic E-state index is 0.0138. The van der Waals surface area contributed by atoms with Crippen molar-refractivity contribution in [2.45, 2.75) is 45.6 Å². The number of nitrogens with two attached hydrogens (primary N) is 1. The Labute approximate surface area is 221 Å². The molecule has 3 aromatic rings. The molecule has 1 heterocycles. The Balaban J connectivity index is 1.68. The van der Waals surface area contributed by atoms with E-state index in [9.17, 15) is 14.0 Å². The van der Waals surface area contributed by atoms with Crippen LogP contribution in [-0.4, -0.2) is 24.5 Å². The van der Waals surface area contributed by atoms with Crippen molar-refractivity contribution in [3.05, 3.63) is 99.8 Å². The lowest BCUT2D eigenvalue weighted by Crippen LogP contribution is -2.43. The molecule has 2 atom stereocenters. The number of hydrogen-bond donors (Lipinski definition) is 2. The molecule has 0 fully saturated rings. The fourth-order valence-corrected chi connectivity index (χ4v) is 4.66. The third kappa shape index (κ3) is 6.36. The van der Waals surface area contributed by atoms with Crippen LogP contribution < -0.4 is 16.0 Å². The van der Waals surface area contributed by atoms with Crippen LogP contribution in [0.4, 0.5) is 10.1 Å². The Morgan fingerprint density at radius 3 is 2.65 bits per heavy atom. The first kappa shape index (κ1) is 26.8. The van der Waals surface area contributed by atoms with Gasteiger partial charge in [-0.25, -0.2) is 4.39 Å². The Morgan fingerprint density at radius 1 is 1.14 bits per heavy atom. The van der Waals surface area contributed by atoms with Gasteiger partial charge >= 0.3 is 0 Å². The van der Waals surface area contributed by atoms with E-state index in [0.29, 0.717) is 29.4 Å². The molecule has 0 spiro atoms. The molecule has 4 rings (SSSR count). The van der Waals surface area contributed by atoms with Gasteiger partial charge < -0.3 is 20.7 Å². The van der Waals surface area contributed by atoms with Gasteiger partial charge in [0, 0.05) is 41.5 Å². The summed E-state index contributed by atoms with van der Waals surface area (Å²) in [6.45, 7) is 4.85. The average Bonchev–Trinajstić information content (AvgIpc) is 2.98. The molecule has 0 saturated heterocycles. The molecule has 0 aliphatic carbocycles. The normalized spacial score (nSPS) is 17.5. The molecule has 2 amide bonds. The van der Waals surface area contributed by atoms with Crippen LogP contribution in [0.5, 0.6) is 0 Å². The number of benzene rings is 3. The van der Waals surface area contributed by atoms with Crippen LogP contribution >= 0.6 is 11.6 Å². The SMILES string of the molecule is CC(C)CN1C(=O)C(CC(=O)NCc2ccccc2F)OC(c2cccc(CN)c2)c2cc(Cl)ccc21. The van der Waals surface area contributed by atoms with Crippen LogP contribution in [0.2, 0.25) is 5.02 Å². The highest BCUT2D eigenvalue weighted by molar-refractivity contribution is 6.30. The van der Waals surface area contributed by atoms with Gasteiger partial charge in [0.25, 0.3) is 5.91 Å². The molecule has 0 bridgehead atoms. The summed E-state index contributed by atoms with van der Waals surface area (Å²) in [5.41, 5.74) is 9.40. The third-order valence-electron chi connectivity index (χ3n) is 6.25. The molecule has 3 aromatic carbocycles. The van der Waals surface area contributed by atoms with Gasteiger partial charge in [-0.3, -0.25) is 9.59 Å². The fraction of sp³-hybridized carbons (Fsp3) is 0.310. The van der Waals surface area contributed by atoms with Crippen molar-refractivity contribution in [2.75, 3.05) is 11.4 Å². The predicted octanol–water partition coefficient (Wildman–Crippen LogP) is 5.12. The molecule has 194 valence electrons. The van der Waals surface area contributed by atoms with Gasteiger partial charge in [-0.15, -0.1) is 0 Å². The number of fused-ring (bicyclic) bond motifs is 1. The zero-order valence-electron chi connectivity index (χ0n) is 20.9. The molecule has 0 saturated carbocycles. The van der Waals surface area contributed by atoms with Crippen molar-refractivity contribution in [3.63, 3.8) is 0 Å². The van der Waals surface area contributed by atoms with Gasteiger partial charge in [-0.2, -0.15) is 0 Å².